The molecular formula is C46H60I2N6O2+2. The molecule has 0 aliphatic heterocycles. The van der Waals surface area contributed by atoms with Crippen molar-refractivity contribution in [2.24, 2.45) is 14.1 Å². The first-order valence-electron chi connectivity index (χ1n) is 20.7. The molecular weight excluding hydrogens is 922 g/mol. The summed E-state index contributed by atoms with van der Waals surface area (Å²) in [6.45, 7) is 5.73. The summed E-state index contributed by atoms with van der Waals surface area (Å²) in [7, 11) is 7.75. The zero-order chi connectivity index (χ0) is 39.6. The van der Waals surface area contributed by atoms with Crippen molar-refractivity contribution in [3.8, 4) is 22.6 Å². The smallest absolute Gasteiger partial charge is 0.230 e. The number of aromatic nitrogens is 6. The van der Waals surface area contributed by atoms with Crippen LogP contribution >= 0.6 is 45.2 Å². The van der Waals surface area contributed by atoms with Crippen LogP contribution in [0.5, 0.6) is 11.5 Å². The van der Waals surface area contributed by atoms with Crippen LogP contribution in [0.1, 0.15) is 113 Å². The summed E-state index contributed by atoms with van der Waals surface area (Å²) < 4.78 is 23.7. The Morgan fingerprint density at radius 3 is 1.32 bits per heavy atom. The van der Waals surface area contributed by atoms with Gasteiger partial charge in [-0.2, -0.15) is 0 Å². The summed E-state index contributed by atoms with van der Waals surface area (Å²) in [4.78, 5) is 0. The lowest BCUT2D eigenvalue weighted by atomic mass is 9.88. The summed E-state index contributed by atoms with van der Waals surface area (Å²) in [5, 5.41) is 14.6. The quantitative estimate of drug-likeness (QED) is 0.0410. The summed E-state index contributed by atoms with van der Waals surface area (Å²) in [5.41, 5.74) is 6.82. The maximum atomic E-state index is 6.48. The average molecular weight is 983 g/mol. The topological polar surface area (TPSA) is 61.9 Å². The van der Waals surface area contributed by atoms with E-state index < -0.39 is 0 Å². The fourth-order valence-electron chi connectivity index (χ4n) is 8.25. The molecule has 2 heterocycles. The van der Waals surface area contributed by atoms with Crippen LogP contribution in [-0.4, -0.2) is 34.0 Å². The fourth-order valence-corrected chi connectivity index (χ4v) is 10.0. The zero-order valence-electron chi connectivity index (χ0n) is 34.3. The van der Waals surface area contributed by atoms with Gasteiger partial charge in [0.15, 0.2) is 11.4 Å². The SMILES string of the molecule is CCCCCCCCc1c(I)[n+](Cc2cc3ccccc3c(-c3c(OC)c(C[n+]4nn(C)c(CCCCCCCC)c4I)cc4ccccc34)c2OC)nn1C. The molecule has 2 aromatic heterocycles. The first kappa shape index (κ1) is 42.3. The van der Waals surface area contributed by atoms with Gasteiger partial charge in [-0.3, -0.25) is 0 Å². The molecule has 0 saturated heterocycles. The van der Waals surface area contributed by atoms with Gasteiger partial charge < -0.3 is 9.47 Å². The third-order valence-corrected chi connectivity index (χ3v) is 13.5. The van der Waals surface area contributed by atoms with Crippen LogP contribution in [-0.2, 0) is 40.0 Å². The monoisotopic (exact) mass is 982 g/mol. The second-order valence-corrected chi connectivity index (χ2v) is 17.2. The number of hydrogen-bond acceptors (Lipinski definition) is 4. The van der Waals surface area contributed by atoms with E-state index >= 15 is 0 Å². The Morgan fingerprint density at radius 1 is 0.554 bits per heavy atom. The van der Waals surface area contributed by atoms with E-state index in [2.05, 4.69) is 153 Å². The highest BCUT2D eigenvalue weighted by Gasteiger charge is 2.29. The molecule has 0 saturated carbocycles. The minimum absolute atomic E-state index is 0.590. The average Bonchev–Trinajstić information content (AvgIpc) is 3.62. The second-order valence-electron chi connectivity index (χ2n) is 15.2. The van der Waals surface area contributed by atoms with E-state index in [9.17, 15) is 0 Å². The highest BCUT2D eigenvalue weighted by Crippen LogP contribution is 2.48. The van der Waals surface area contributed by atoms with E-state index in [0.29, 0.717) is 13.1 Å². The van der Waals surface area contributed by atoms with Gasteiger partial charge >= 0.3 is 0 Å². The number of aryl methyl sites for hydroxylation is 2. The Hall–Kier alpha value is -3.26. The molecule has 4 aromatic carbocycles. The molecule has 0 aliphatic carbocycles. The van der Waals surface area contributed by atoms with Crippen LogP contribution in [0.4, 0.5) is 0 Å². The van der Waals surface area contributed by atoms with Gasteiger partial charge in [0, 0.05) is 80.3 Å². The van der Waals surface area contributed by atoms with Crippen LogP contribution in [0.2, 0.25) is 0 Å². The standard InChI is InChI=1S/C46H60I2N6O2/c1-7-9-11-13-15-17-27-39-45(47)53(49-51(39)3)31-35-29-33-23-19-21-25-37(33)41(43(35)55-5)42-38-26-22-20-24-34(38)30-36(44(42)56-6)32-54-46(48)40(52(4)50-54)28-18-16-14-12-10-8-2/h19-26,29-30H,7-18,27-28,31-32H2,1-6H3/q+2. The molecule has 8 nitrogen and oxygen atoms in total. The van der Waals surface area contributed by atoms with Crippen LogP contribution in [0.3, 0.4) is 0 Å². The molecule has 0 bridgehead atoms. The van der Waals surface area contributed by atoms with Crippen LogP contribution < -0.4 is 18.8 Å². The van der Waals surface area contributed by atoms with E-state index in [1.807, 2.05) is 0 Å². The van der Waals surface area contributed by atoms with Gasteiger partial charge in [-0.05, 0) is 46.5 Å². The van der Waals surface area contributed by atoms with Crippen molar-refractivity contribution in [2.75, 3.05) is 14.2 Å². The number of hydrogen-bond donors (Lipinski definition) is 0. The number of benzene rings is 4. The minimum atomic E-state index is 0.590. The Labute approximate surface area is 361 Å². The maximum absolute atomic E-state index is 6.48. The molecule has 6 rings (SSSR count). The van der Waals surface area contributed by atoms with E-state index in [0.717, 1.165) is 68.1 Å². The zero-order valence-corrected chi connectivity index (χ0v) is 38.7. The van der Waals surface area contributed by atoms with Gasteiger partial charge in [-0.1, -0.05) is 127 Å². The highest BCUT2D eigenvalue weighted by molar-refractivity contribution is 14.1. The highest BCUT2D eigenvalue weighted by atomic mass is 127. The van der Waals surface area contributed by atoms with Crippen molar-refractivity contribution in [3.05, 3.63) is 90.6 Å². The third kappa shape index (κ3) is 9.54. The minimum Gasteiger partial charge on any atom is -0.496 e. The van der Waals surface area contributed by atoms with Gasteiger partial charge in [0.2, 0.25) is 7.40 Å². The Balaban J connectivity index is 1.41. The number of ether oxygens (including phenoxy) is 2. The first-order chi connectivity index (χ1) is 27.3. The van der Waals surface area contributed by atoms with Gasteiger partial charge in [-0.15, -0.1) is 18.7 Å². The van der Waals surface area contributed by atoms with Crippen LogP contribution in [0.25, 0.3) is 32.7 Å². The molecule has 6 aromatic rings. The summed E-state index contributed by atoms with van der Waals surface area (Å²) in [6.07, 6.45) is 17.4. The van der Waals surface area contributed by atoms with Crippen molar-refractivity contribution in [1.82, 2.24) is 19.8 Å². The predicted octanol–water partition coefficient (Wildman–Crippen LogP) is 10.8. The molecule has 0 radical (unpaired) electrons. The lowest BCUT2D eigenvalue weighted by molar-refractivity contribution is -0.758. The fraction of sp³-hybridized carbons (Fsp3) is 0.478. The Kier molecular flexibility index (Phi) is 15.5. The van der Waals surface area contributed by atoms with E-state index in [1.165, 1.54) is 95.8 Å². The number of rotatable bonds is 21. The van der Waals surface area contributed by atoms with E-state index in [1.54, 1.807) is 14.2 Å². The van der Waals surface area contributed by atoms with Crippen molar-refractivity contribution in [2.45, 2.75) is 117 Å². The van der Waals surface area contributed by atoms with Crippen molar-refractivity contribution in [1.29, 1.82) is 0 Å². The largest absolute Gasteiger partial charge is 0.496 e. The van der Waals surface area contributed by atoms with E-state index in [4.69, 9.17) is 19.9 Å². The lowest BCUT2D eigenvalue weighted by Crippen LogP contribution is -2.40. The van der Waals surface area contributed by atoms with Gasteiger partial charge in [0.25, 0.3) is 0 Å². The predicted molar refractivity (Wildman–Crippen MR) is 245 cm³/mol. The van der Waals surface area contributed by atoms with Gasteiger partial charge in [-0.25, -0.2) is 0 Å². The van der Waals surface area contributed by atoms with Crippen molar-refractivity contribution in [3.63, 3.8) is 0 Å². The van der Waals surface area contributed by atoms with Crippen molar-refractivity contribution < 1.29 is 18.8 Å². The second kappa shape index (κ2) is 20.4. The van der Waals surface area contributed by atoms with Crippen LogP contribution in [0, 0.1) is 7.40 Å². The molecule has 56 heavy (non-hydrogen) atoms. The molecule has 0 N–H and O–H groups in total. The summed E-state index contributed by atoms with van der Waals surface area (Å²) in [6, 6.07) is 21.8. The Bertz CT molecular complexity index is 2090. The molecule has 0 unspecified atom stereocenters. The third-order valence-electron chi connectivity index (χ3n) is 11.2. The molecule has 0 aliphatic rings. The molecule has 0 spiro atoms. The normalized spacial score (nSPS) is 11.6. The van der Waals surface area contributed by atoms with Crippen LogP contribution in [0.15, 0.2) is 60.7 Å². The van der Waals surface area contributed by atoms with Gasteiger partial charge in [0.1, 0.15) is 38.7 Å². The summed E-state index contributed by atoms with van der Waals surface area (Å²) >= 11 is 4.98. The number of fused-ring (bicyclic) bond motifs is 2. The van der Waals surface area contributed by atoms with Gasteiger partial charge in [0.05, 0.1) is 24.6 Å². The molecule has 0 amide bonds. The maximum Gasteiger partial charge on any atom is 0.230 e. The number of nitrogens with zero attached hydrogens (tertiary/aromatic N) is 6. The first-order valence-corrected chi connectivity index (χ1v) is 22.9. The molecule has 298 valence electrons. The molecule has 10 heteroatoms. The summed E-state index contributed by atoms with van der Waals surface area (Å²) in [5.74, 6) is 1.69. The number of halogens is 2. The molecule has 0 fully saturated rings. The lowest BCUT2D eigenvalue weighted by Gasteiger charge is -2.21. The Morgan fingerprint density at radius 2 is 0.929 bits per heavy atom. The molecule has 0 atom stereocenters. The van der Waals surface area contributed by atoms with Crippen molar-refractivity contribution >= 4 is 66.7 Å². The number of unbranched alkanes of at least 4 members (excludes halogenated alkanes) is 10. The van der Waals surface area contributed by atoms with E-state index in [-0.39, 0.29) is 0 Å². The number of methoxy groups -OCH3 is 2.